The number of hydrogen-bond acceptors (Lipinski definition) is 5. The van der Waals surface area contributed by atoms with Gasteiger partial charge in [-0.15, -0.1) is 0 Å². The zero-order valence-corrected chi connectivity index (χ0v) is 10.5. The van der Waals surface area contributed by atoms with E-state index in [1.54, 1.807) is 23.6 Å². The average Bonchev–Trinajstić information content (AvgIpc) is 2.01. The fraction of sp³-hybridized carbons (Fsp3) is 1.00. The maximum atomic E-state index is 9.53. The lowest BCUT2D eigenvalue weighted by molar-refractivity contribution is -0.196. The highest BCUT2D eigenvalue weighted by atomic mass is 16.5. The van der Waals surface area contributed by atoms with Crippen LogP contribution in [-0.4, -0.2) is 72.9 Å². The second-order valence-corrected chi connectivity index (χ2v) is 4.33. The summed E-state index contributed by atoms with van der Waals surface area (Å²) in [7, 11) is 7.30. The Hall–Kier alpha value is -0.200. The van der Waals surface area contributed by atoms with Crippen molar-refractivity contribution in [2.24, 2.45) is 0 Å². The van der Waals surface area contributed by atoms with Gasteiger partial charge in [-0.3, -0.25) is 9.80 Å². The molecule has 0 fully saturated rings. The molecule has 0 bridgehead atoms. The van der Waals surface area contributed by atoms with Crippen LogP contribution in [0.2, 0.25) is 0 Å². The van der Waals surface area contributed by atoms with Gasteiger partial charge in [-0.25, -0.2) is 0 Å². The van der Waals surface area contributed by atoms with Gasteiger partial charge >= 0.3 is 0 Å². The number of hydrogen-bond donors (Lipinski definition) is 2. The molecule has 15 heavy (non-hydrogen) atoms. The van der Waals surface area contributed by atoms with E-state index < -0.39 is 24.7 Å². The highest BCUT2D eigenvalue weighted by Gasteiger charge is 2.26. The van der Waals surface area contributed by atoms with Gasteiger partial charge in [0.2, 0.25) is 0 Å². The molecule has 0 aliphatic rings. The number of aliphatic hydroxyl groups excluding tert-OH is 2. The summed E-state index contributed by atoms with van der Waals surface area (Å²) in [6.07, 6.45) is -2.07. The summed E-state index contributed by atoms with van der Waals surface area (Å²) in [4.78, 5) is 3.56. The predicted molar refractivity (Wildman–Crippen MR) is 59.4 cm³/mol. The molecule has 0 aromatic heterocycles. The first-order valence-electron chi connectivity index (χ1n) is 5.11. The zero-order chi connectivity index (χ0) is 12.2. The molecule has 0 spiro atoms. The Kier molecular flexibility index (Phi) is 6.31. The Morgan fingerprint density at radius 3 is 1.20 bits per heavy atom. The lowest BCUT2D eigenvalue weighted by Gasteiger charge is -2.35. The van der Waals surface area contributed by atoms with Crippen LogP contribution < -0.4 is 0 Å². The third-order valence-electron chi connectivity index (χ3n) is 2.12. The summed E-state index contributed by atoms with van der Waals surface area (Å²) >= 11 is 0. The van der Waals surface area contributed by atoms with E-state index in [1.807, 2.05) is 28.2 Å². The van der Waals surface area contributed by atoms with E-state index in [1.165, 1.54) is 0 Å². The summed E-state index contributed by atoms with van der Waals surface area (Å²) in [5.41, 5.74) is 0. The Labute approximate surface area is 92.2 Å². The van der Waals surface area contributed by atoms with Crippen molar-refractivity contribution in [3.8, 4) is 0 Å². The van der Waals surface area contributed by atoms with E-state index >= 15 is 0 Å². The van der Waals surface area contributed by atoms with Crippen LogP contribution in [0.25, 0.3) is 0 Å². The fourth-order valence-corrected chi connectivity index (χ4v) is 1.48. The van der Waals surface area contributed by atoms with E-state index in [4.69, 9.17) is 4.74 Å². The fourth-order valence-electron chi connectivity index (χ4n) is 1.48. The zero-order valence-electron chi connectivity index (χ0n) is 10.5. The van der Waals surface area contributed by atoms with Gasteiger partial charge < -0.3 is 14.9 Å². The summed E-state index contributed by atoms with van der Waals surface area (Å²) in [5.74, 6) is 0. The highest BCUT2D eigenvalue weighted by Crippen LogP contribution is 2.10. The molecule has 0 aliphatic heterocycles. The molecule has 4 unspecified atom stereocenters. The first kappa shape index (κ1) is 14.8. The van der Waals surface area contributed by atoms with Crippen LogP contribution >= 0.6 is 0 Å². The van der Waals surface area contributed by atoms with Crippen LogP contribution in [0, 0.1) is 0 Å². The van der Waals surface area contributed by atoms with Crippen LogP contribution in [0.15, 0.2) is 0 Å². The Morgan fingerprint density at radius 2 is 1.07 bits per heavy atom. The van der Waals surface area contributed by atoms with Gasteiger partial charge in [-0.05, 0) is 42.0 Å². The number of rotatable bonds is 6. The molecule has 0 aromatic rings. The van der Waals surface area contributed by atoms with Gasteiger partial charge in [0.05, 0.1) is 12.2 Å². The van der Waals surface area contributed by atoms with E-state index in [-0.39, 0.29) is 0 Å². The molecule has 0 saturated carbocycles. The lowest BCUT2D eigenvalue weighted by Crippen LogP contribution is -2.49. The summed E-state index contributed by atoms with van der Waals surface area (Å²) in [5, 5.41) is 19.1. The largest absolute Gasteiger partial charge is 0.389 e. The molecule has 5 nitrogen and oxygen atoms in total. The van der Waals surface area contributed by atoms with Crippen molar-refractivity contribution in [1.29, 1.82) is 0 Å². The Morgan fingerprint density at radius 1 is 0.800 bits per heavy atom. The van der Waals surface area contributed by atoms with E-state index in [0.717, 1.165) is 0 Å². The van der Waals surface area contributed by atoms with E-state index in [2.05, 4.69) is 0 Å². The first-order chi connectivity index (χ1) is 6.77. The van der Waals surface area contributed by atoms with Crippen molar-refractivity contribution in [3.63, 3.8) is 0 Å². The maximum Gasteiger partial charge on any atom is 0.138 e. The lowest BCUT2D eigenvalue weighted by atomic mass is 10.3. The van der Waals surface area contributed by atoms with Gasteiger partial charge in [-0.1, -0.05) is 0 Å². The number of likely N-dealkylation sites (N-methyl/N-ethyl adjacent to an activating group) is 2. The molecule has 0 heterocycles. The number of nitrogens with zero attached hydrogens (tertiary/aromatic N) is 2. The van der Waals surface area contributed by atoms with Crippen LogP contribution in [-0.2, 0) is 4.74 Å². The number of ether oxygens (including phenoxy) is 1. The minimum Gasteiger partial charge on any atom is -0.389 e. The molecule has 0 radical (unpaired) electrons. The van der Waals surface area contributed by atoms with Gasteiger partial charge in [0, 0.05) is 0 Å². The van der Waals surface area contributed by atoms with E-state index in [0.29, 0.717) is 0 Å². The molecular weight excluding hydrogens is 196 g/mol. The van der Waals surface area contributed by atoms with Gasteiger partial charge in [0.25, 0.3) is 0 Å². The monoisotopic (exact) mass is 220 g/mol. The Bertz CT molecular complexity index is 138. The molecule has 4 atom stereocenters. The average molecular weight is 220 g/mol. The quantitative estimate of drug-likeness (QED) is 0.593. The van der Waals surface area contributed by atoms with Crippen molar-refractivity contribution in [2.75, 3.05) is 28.2 Å². The molecule has 0 rings (SSSR count). The van der Waals surface area contributed by atoms with Crippen molar-refractivity contribution < 1.29 is 14.9 Å². The molecule has 2 N–H and O–H groups in total. The third kappa shape index (κ3) is 4.90. The van der Waals surface area contributed by atoms with Crippen LogP contribution in [0.1, 0.15) is 13.8 Å². The molecular formula is C10H24N2O3. The van der Waals surface area contributed by atoms with E-state index in [9.17, 15) is 10.2 Å². The maximum absolute atomic E-state index is 9.53. The summed E-state index contributed by atoms with van der Waals surface area (Å²) in [6, 6.07) is 0. The summed E-state index contributed by atoms with van der Waals surface area (Å²) < 4.78 is 5.65. The SMILES string of the molecule is CC(O)C(OC(C(C)O)N(C)C)N(C)C. The second kappa shape index (κ2) is 6.40. The van der Waals surface area contributed by atoms with Crippen LogP contribution in [0.5, 0.6) is 0 Å². The minimum atomic E-state index is -0.610. The van der Waals surface area contributed by atoms with Crippen molar-refractivity contribution in [2.45, 2.75) is 38.5 Å². The topological polar surface area (TPSA) is 56.2 Å². The first-order valence-corrected chi connectivity index (χ1v) is 5.11. The highest BCUT2D eigenvalue weighted by molar-refractivity contribution is 4.68. The van der Waals surface area contributed by atoms with Crippen LogP contribution in [0.3, 0.4) is 0 Å². The van der Waals surface area contributed by atoms with Crippen molar-refractivity contribution in [1.82, 2.24) is 9.80 Å². The molecule has 5 heteroatoms. The summed E-state index contributed by atoms with van der Waals surface area (Å²) in [6.45, 7) is 3.33. The normalized spacial score (nSPS) is 20.4. The molecule has 0 aliphatic carbocycles. The van der Waals surface area contributed by atoms with Crippen molar-refractivity contribution >= 4 is 0 Å². The van der Waals surface area contributed by atoms with Gasteiger partial charge in [0.15, 0.2) is 0 Å². The van der Waals surface area contributed by atoms with Crippen LogP contribution in [0.4, 0.5) is 0 Å². The third-order valence-corrected chi connectivity index (χ3v) is 2.12. The smallest absolute Gasteiger partial charge is 0.138 e. The molecule has 92 valence electrons. The standard InChI is InChI=1S/C10H24N2O3/c1-7(13)9(11(3)4)15-10(8(2)14)12(5)6/h7-10,13-14H,1-6H3. The minimum absolute atomic E-state index is 0.424. The number of aliphatic hydroxyl groups is 2. The second-order valence-electron chi connectivity index (χ2n) is 4.33. The molecule has 0 aromatic carbocycles. The van der Waals surface area contributed by atoms with Gasteiger partial charge in [-0.2, -0.15) is 0 Å². The molecule has 0 amide bonds. The van der Waals surface area contributed by atoms with Crippen molar-refractivity contribution in [3.05, 3.63) is 0 Å². The van der Waals surface area contributed by atoms with Gasteiger partial charge in [0.1, 0.15) is 12.5 Å². The Balaban J connectivity index is 4.48. The predicted octanol–water partition coefficient (Wildman–Crippen LogP) is -0.460. The molecule has 0 saturated heterocycles.